The van der Waals surface area contributed by atoms with E-state index in [1.54, 1.807) is 6.92 Å². The van der Waals surface area contributed by atoms with Crippen molar-refractivity contribution in [2.75, 3.05) is 37.8 Å². The summed E-state index contributed by atoms with van der Waals surface area (Å²) in [5.74, 6) is -1.83. The van der Waals surface area contributed by atoms with Gasteiger partial charge in [0.15, 0.2) is 22.8 Å². The van der Waals surface area contributed by atoms with Crippen LogP contribution in [0.4, 0.5) is 5.82 Å². The number of fused-ring (bicyclic) bond motifs is 1. The predicted molar refractivity (Wildman–Crippen MR) is 191 cm³/mol. The van der Waals surface area contributed by atoms with E-state index >= 15 is 0 Å². The molecule has 2 aromatic heterocycles. The van der Waals surface area contributed by atoms with Crippen molar-refractivity contribution in [1.29, 1.82) is 0 Å². The van der Waals surface area contributed by atoms with Crippen molar-refractivity contribution in [2.45, 2.75) is 71.2 Å². The number of hydrogen-bond acceptors (Lipinski definition) is 19. The third kappa shape index (κ3) is 16.1. The highest BCUT2D eigenvalue weighted by atomic mass is 32.2. The number of ether oxygens (including phenoxy) is 1. The fourth-order valence-electron chi connectivity index (χ4n) is 4.32. The van der Waals surface area contributed by atoms with Gasteiger partial charge in [-0.05, 0) is 0 Å². The highest BCUT2D eigenvalue weighted by Crippen LogP contribution is 2.61. The molecule has 2 aromatic rings. The van der Waals surface area contributed by atoms with E-state index in [2.05, 4.69) is 34.4 Å². The first-order valence-electron chi connectivity index (χ1n) is 16.0. The molecule has 0 saturated carbocycles. The summed E-state index contributed by atoms with van der Waals surface area (Å²) >= 11 is 1.03. The Morgan fingerprint density at radius 1 is 1.05 bits per heavy atom. The zero-order valence-corrected chi connectivity index (χ0v) is 33.6. The molecule has 0 bridgehead atoms. The molecule has 318 valence electrons. The maximum Gasteiger partial charge on any atom is 0.481 e. The third-order valence-electron chi connectivity index (χ3n) is 7.11. The molecule has 1 aliphatic rings. The number of nitrogen functional groups attached to an aromatic ring is 1. The van der Waals surface area contributed by atoms with Crippen molar-refractivity contribution >= 4 is 75.1 Å². The normalized spacial score (nSPS) is 21.2. The van der Waals surface area contributed by atoms with Gasteiger partial charge in [0.05, 0.1) is 19.5 Å². The number of rotatable bonds is 20. The van der Waals surface area contributed by atoms with E-state index in [1.165, 1.54) is 20.8 Å². The second kappa shape index (κ2) is 21.2. The van der Waals surface area contributed by atoms with Gasteiger partial charge in [-0.2, -0.15) is 4.31 Å². The third-order valence-corrected chi connectivity index (χ3v) is 11.0. The summed E-state index contributed by atoms with van der Waals surface area (Å²) in [6.07, 6.45) is -6.66. The van der Waals surface area contributed by atoms with Crippen molar-refractivity contribution < 1.29 is 90.4 Å². The summed E-state index contributed by atoms with van der Waals surface area (Å²) in [6, 6.07) is 0. The average molecular weight is 884 g/mol. The Bertz CT molecular complexity index is 1830. The summed E-state index contributed by atoms with van der Waals surface area (Å²) in [6.45, 7) is 3.50. The number of carbonyl (C=O) groups excluding carboxylic acids is 3. The summed E-state index contributed by atoms with van der Waals surface area (Å²) in [5.41, 5.74) is 4.26. The molecule has 0 aliphatic carbocycles. The quantitative estimate of drug-likeness (QED) is 0.0573. The first-order valence-corrected chi connectivity index (χ1v) is 21.5. The van der Waals surface area contributed by atoms with E-state index in [0.717, 1.165) is 29.0 Å². The molecule has 3 rings (SSSR count). The van der Waals surface area contributed by atoms with Crippen molar-refractivity contribution in [2.24, 2.45) is 5.41 Å². The maximum absolute atomic E-state index is 12.6. The molecule has 11 N–H and O–H groups in total. The number of aliphatic hydroxyl groups excluding tert-OH is 2. The second-order valence-corrected chi connectivity index (χ2v) is 17.7. The fraction of sp³-hybridized carbons (Fsp3) is 0.654. The van der Waals surface area contributed by atoms with Crippen molar-refractivity contribution in [3.8, 4) is 0 Å². The summed E-state index contributed by atoms with van der Waals surface area (Å²) < 4.78 is 61.8. The SMILES string of the molecule is CC(=O)SCCNC(=O)CCNC(=O)[C@H](O)C(C)(C)COP(=O)(O)OP(=O)(O)OC[C@H]1O[C@@H](n2cnc3c(N)ncnc32)[C@H](O)[C@@H]1OP(=O)(O)O.CCC(=O)O. The molecule has 1 fully saturated rings. The lowest BCUT2D eigenvalue weighted by molar-refractivity contribution is -0.137. The zero-order valence-electron chi connectivity index (χ0n) is 30.1. The molecule has 2 amide bonds. The Morgan fingerprint density at radius 2 is 1.68 bits per heavy atom. The van der Waals surface area contributed by atoms with Crippen LogP contribution in [-0.2, 0) is 55.5 Å². The van der Waals surface area contributed by atoms with Gasteiger partial charge < -0.3 is 56.0 Å². The molecular formula is C26H44N7O19P3S. The van der Waals surface area contributed by atoms with Crippen molar-refractivity contribution in [1.82, 2.24) is 30.2 Å². The first kappa shape index (κ1) is 49.2. The molecule has 0 radical (unpaired) electrons. The lowest BCUT2D eigenvalue weighted by Gasteiger charge is -2.30. The number of imidazole rings is 1. The highest BCUT2D eigenvalue weighted by molar-refractivity contribution is 8.13. The molecule has 7 atom stereocenters. The van der Waals surface area contributed by atoms with Crippen LogP contribution in [0.15, 0.2) is 12.7 Å². The van der Waals surface area contributed by atoms with E-state index in [1.807, 2.05) is 0 Å². The van der Waals surface area contributed by atoms with Gasteiger partial charge in [-0.25, -0.2) is 28.6 Å². The number of hydrogen-bond donors (Lipinski definition) is 10. The van der Waals surface area contributed by atoms with Crippen LogP contribution in [0.5, 0.6) is 0 Å². The molecule has 1 saturated heterocycles. The molecule has 56 heavy (non-hydrogen) atoms. The van der Waals surface area contributed by atoms with Crippen LogP contribution in [0, 0.1) is 5.41 Å². The number of anilines is 1. The zero-order chi connectivity index (χ0) is 42.6. The number of carboxylic acid groups (broad SMARTS) is 1. The monoisotopic (exact) mass is 883 g/mol. The summed E-state index contributed by atoms with van der Waals surface area (Å²) in [5, 5.41) is 33.8. The number of nitrogens with one attached hydrogen (secondary N) is 2. The standard InChI is InChI=1S/C23H38N7O17P3S.C3H6O2/c1-12(31)51-7-6-25-14(32)4-5-26-21(35)18(34)23(2,3)9-44-50(41,42)47-49(39,40)43-8-13-17(46-48(36,37)38)16(33)22(45-13)30-11-29-15-19(24)27-10-28-20(15)30;1-2-3(4)5/h10-11,13,16-18,22,33-34H,4-9H2,1-3H3,(H,25,32)(H,26,35)(H,39,40)(H,41,42)(H2,24,27,28)(H2,36,37,38);2H2,1H3,(H,4,5)/t13-,16-,17-,18+,22-;/m1./s1. The largest absolute Gasteiger partial charge is 0.481 e. The molecule has 30 heteroatoms. The number of phosphoric ester groups is 3. The van der Waals surface area contributed by atoms with E-state index < -0.39 is 90.5 Å². The Hall–Kier alpha value is -2.97. The fourth-order valence-corrected chi connectivity index (χ4v) is 7.65. The molecule has 1 aliphatic heterocycles. The van der Waals surface area contributed by atoms with Gasteiger partial charge in [0.2, 0.25) is 11.8 Å². The number of phosphoric acid groups is 3. The van der Waals surface area contributed by atoms with Crippen LogP contribution < -0.4 is 16.4 Å². The van der Waals surface area contributed by atoms with Gasteiger partial charge in [-0.3, -0.25) is 37.3 Å². The topological polar surface area (TPSA) is 401 Å². The first-order chi connectivity index (χ1) is 25.8. The Morgan fingerprint density at radius 3 is 2.27 bits per heavy atom. The molecule has 2 unspecified atom stereocenters. The predicted octanol–water partition coefficient (Wildman–Crippen LogP) is -0.834. The Kier molecular flexibility index (Phi) is 18.6. The van der Waals surface area contributed by atoms with Crippen LogP contribution >= 0.6 is 35.2 Å². The number of nitrogens with zero attached hydrogens (tertiary/aromatic N) is 4. The van der Waals surface area contributed by atoms with Crippen molar-refractivity contribution in [3.05, 3.63) is 12.7 Å². The minimum atomic E-state index is -5.56. The molecular weight excluding hydrogens is 839 g/mol. The maximum atomic E-state index is 12.6. The van der Waals surface area contributed by atoms with Crippen LogP contribution in [0.2, 0.25) is 0 Å². The minimum absolute atomic E-state index is 0.0310. The van der Waals surface area contributed by atoms with Gasteiger partial charge in [-0.1, -0.05) is 32.5 Å². The summed E-state index contributed by atoms with van der Waals surface area (Å²) in [4.78, 5) is 95.3. The van der Waals surface area contributed by atoms with Gasteiger partial charge in [0.1, 0.15) is 36.3 Å². The molecule has 0 spiro atoms. The number of amides is 2. The molecule has 3 heterocycles. The van der Waals surface area contributed by atoms with Crippen LogP contribution in [0.3, 0.4) is 0 Å². The van der Waals surface area contributed by atoms with Crippen molar-refractivity contribution in [3.63, 3.8) is 0 Å². The minimum Gasteiger partial charge on any atom is -0.481 e. The number of carboxylic acids is 1. The van der Waals surface area contributed by atoms with Crippen LogP contribution in [0.1, 0.15) is 46.8 Å². The number of aliphatic hydroxyl groups is 2. The number of carbonyl (C=O) groups is 4. The number of aromatic nitrogens is 4. The number of nitrogens with two attached hydrogens (primary N) is 1. The van der Waals surface area contributed by atoms with E-state index in [-0.39, 0.29) is 48.0 Å². The lowest BCUT2D eigenvalue weighted by atomic mass is 9.87. The number of thioether (sulfide) groups is 1. The van der Waals surface area contributed by atoms with Crippen LogP contribution in [0.25, 0.3) is 11.2 Å². The van der Waals surface area contributed by atoms with E-state index in [4.69, 9.17) is 24.6 Å². The molecule has 0 aromatic carbocycles. The van der Waals surface area contributed by atoms with Crippen LogP contribution in [-0.4, -0.2) is 134 Å². The van der Waals surface area contributed by atoms with Gasteiger partial charge in [-0.15, -0.1) is 0 Å². The van der Waals surface area contributed by atoms with Gasteiger partial charge in [0.25, 0.3) is 0 Å². The summed E-state index contributed by atoms with van der Waals surface area (Å²) in [7, 11) is -16.4. The smallest absolute Gasteiger partial charge is 0.481 e. The second-order valence-electron chi connectivity index (χ2n) is 12.2. The average Bonchev–Trinajstić information content (AvgIpc) is 3.64. The Balaban J connectivity index is 0.00000203. The van der Waals surface area contributed by atoms with Gasteiger partial charge >= 0.3 is 29.4 Å². The highest BCUT2D eigenvalue weighted by Gasteiger charge is 2.50. The Labute approximate surface area is 322 Å². The molecule has 26 nitrogen and oxygen atoms in total. The van der Waals surface area contributed by atoms with Gasteiger partial charge in [0, 0.05) is 44.0 Å². The number of aliphatic carboxylic acids is 1. The van der Waals surface area contributed by atoms with E-state index in [0.29, 0.717) is 5.75 Å². The van der Waals surface area contributed by atoms with E-state index in [9.17, 15) is 62.7 Å². The lowest BCUT2D eigenvalue weighted by Crippen LogP contribution is -2.46.